The topological polar surface area (TPSA) is 101 Å². The number of anilines is 2. The molecule has 0 atom stereocenters. The smallest absolute Gasteiger partial charge is 0.307 e. The number of urea groups is 1. The fourth-order valence-electron chi connectivity index (χ4n) is 2.70. The first kappa shape index (κ1) is 23.3. The molecular weight excluding hydrogens is 418 g/mol. The predicted octanol–water partition coefficient (Wildman–Crippen LogP) is 5.46. The molecule has 0 saturated heterocycles. The lowest BCUT2D eigenvalue weighted by Crippen LogP contribution is -2.21. The summed E-state index contributed by atoms with van der Waals surface area (Å²) in [5.41, 5.74) is 3.67. The Labute approximate surface area is 181 Å². The van der Waals surface area contributed by atoms with Crippen LogP contribution in [0.1, 0.15) is 19.4 Å². The molecule has 30 heavy (non-hydrogen) atoms. The highest BCUT2D eigenvalue weighted by molar-refractivity contribution is 7.89. The number of aryl methyl sites for hydroxylation is 1. The van der Waals surface area contributed by atoms with Crippen molar-refractivity contribution in [3.8, 4) is 11.1 Å². The Balaban J connectivity index is 0.00000101. The van der Waals surface area contributed by atoms with Crippen molar-refractivity contribution in [3.63, 3.8) is 0 Å². The van der Waals surface area contributed by atoms with Crippen molar-refractivity contribution in [2.75, 3.05) is 10.6 Å². The van der Waals surface area contributed by atoms with Gasteiger partial charge in [0, 0.05) is 11.3 Å². The van der Waals surface area contributed by atoms with E-state index in [1.54, 1.807) is 12.1 Å². The van der Waals surface area contributed by atoms with E-state index < -0.39 is 16.1 Å². The quantitative estimate of drug-likeness (QED) is 0.456. The molecule has 1 aromatic heterocycles. The predicted molar refractivity (Wildman–Crippen MR) is 125 cm³/mol. The highest BCUT2D eigenvalue weighted by atomic mass is 32.2. The standard InChI is InChI=1S/C19H19N3O3S2.C3H6/c1-2-13-5-3-4-6-17(13)21-19(23)22-18-11-15(27(20,24)25)7-8-16(18)14-9-10-26-12-14;1-3-2/h3-12H,2H2,1H3,(H2,20,24,25)(H2,21,22,23);3H,1H2,2H3. The largest absolute Gasteiger partial charge is 0.323 e. The molecule has 0 spiro atoms. The van der Waals surface area contributed by atoms with Gasteiger partial charge in [-0.3, -0.25) is 0 Å². The Morgan fingerprint density at radius 3 is 2.40 bits per heavy atom. The van der Waals surface area contributed by atoms with Crippen LogP contribution in [0, 0.1) is 0 Å². The molecule has 158 valence electrons. The van der Waals surface area contributed by atoms with Gasteiger partial charge >= 0.3 is 6.03 Å². The average molecular weight is 444 g/mol. The summed E-state index contributed by atoms with van der Waals surface area (Å²) in [5, 5.41) is 14.6. The summed E-state index contributed by atoms with van der Waals surface area (Å²) in [6.07, 6.45) is 2.53. The molecule has 0 saturated carbocycles. The van der Waals surface area contributed by atoms with Crippen LogP contribution in [0.4, 0.5) is 16.2 Å². The molecular formula is C22H25N3O3S2. The maximum atomic E-state index is 12.5. The zero-order chi connectivity index (χ0) is 22.1. The third-order valence-electron chi connectivity index (χ3n) is 4.05. The second-order valence-electron chi connectivity index (χ2n) is 6.26. The van der Waals surface area contributed by atoms with Crippen molar-refractivity contribution in [2.45, 2.75) is 25.2 Å². The highest BCUT2D eigenvalue weighted by Gasteiger charge is 2.15. The number of nitrogens with one attached hydrogen (secondary N) is 2. The number of thiophene rings is 1. The summed E-state index contributed by atoms with van der Waals surface area (Å²) in [7, 11) is -3.89. The van der Waals surface area contributed by atoms with E-state index in [4.69, 9.17) is 5.14 Å². The number of benzene rings is 2. The fraction of sp³-hybridized carbons (Fsp3) is 0.136. The van der Waals surface area contributed by atoms with E-state index in [-0.39, 0.29) is 4.90 Å². The Hall–Kier alpha value is -2.94. The summed E-state index contributed by atoms with van der Waals surface area (Å²) in [6, 6.07) is 13.4. The highest BCUT2D eigenvalue weighted by Crippen LogP contribution is 2.32. The number of rotatable bonds is 5. The first-order chi connectivity index (χ1) is 14.3. The summed E-state index contributed by atoms with van der Waals surface area (Å²) < 4.78 is 23.4. The van der Waals surface area contributed by atoms with Gasteiger partial charge < -0.3 is 10.6 Å². The number of nitrogens with two attached hydrogens (primary N) is 1. The van der Waals surface area contributed by atoms with Crippen LogP contribution < -0.4 is 15.8 Å². The molecule has 0 radical (unpaired) electrons. The van der Waals surface area contributed by atoms with Gasteiger partial charge in [0.1, 0.15) is 0 Å². The van der Waals surface area contributed by atoms with Crippen LogP contribution in [0.25, 0.3) is 11.1 Å². The Morgan fingerprint density at radius 2 is 1.80 bits per heavy atom. The minimum atomic E-state index is -3.89. The number of sulfonamides is 1. The van der Waals surface area contributed by atoms with Gasteiger partial charge in [0.15, 0.2) is 0 Å². The minimum Gasteiger partial charge on any atom is -0.307 e. The molecule has 3 aromatic rings. The Kier molecular flexibility index (Phi) is 8.35. The van der Waals surface area contributed by atoms with Crippen LogP contribution in [0.2, 0.25) is 0 Å². The number of hydrogen-bond donors (Lipinski definition) is 3. The van der Waals surface area contributed by atoms with Crippen molar-refractivity contribution in [2.24, 2.45) is 5.14 Å². The van der Waals surface area contributed by atoms with Crippen molar-refractivity contribution in [1.29, 1.82) is 0 Å². The van der Waals surface area contributed by atoms with E-state index in [0.29, 0.717) is 16.9 Å². The lowest BCUT2D eigenvalue weighted by Gasteiger charge is -2.14. The monoisotopic (exact) mass is 443 g/mol. The van der Waals surface area contributed by atoms with Gasteiger partial charge in [-0.25, -0.2) is 18.4 Å². The molecule has 0 aliphatic heterocycles. The molecule has 0 aliphatic carbocycles. The van der Waals surface area contributed by atoms with Gasteiger partial charge in [0.25, 0.3) is 0 Å². The second-order valence-corrected chi connectivity index (χ2v) is 8.60. The molecule has 6 nitrogen and oxygen atoms in total. The normalized spacial score (nSPS) is 10.5. The van der Waals surface area contributed by atoms with Gasteiger partial charge in [-0.2, -0.15) is 11.3 Å². The Morgan fingerprint density at radius 1 is 1.13 bits per heavy atom. The summed E-state index contributed by atoms with van der Waals surface area (Å²) >= 11 is 1.51. The molecule has 3 rings (SSSR count). The number of primary sulfonamides is 1. The third-order valence-corrected chi connectivity index (χ3v) is 5.64. The molecule has 2 amide bonds. The first-order valence-electron chi connectivity index (χ1n) is 9.22. The van der Waals surface area contributed by atoms with E-state index in [2.05, 4.69) is 17.2 Å². The fourth-order valence-corrected chi connectivity index (χ4v) is 3.90. The summed E-state index contributed by atoms with van der Waals surface area (Å²) in [6.45, 7) is 7.25. The van der Waals surface area contributed by atoms with E-state index in [0.717, 1.165) is 17.5 Å². The molecule has 0 bridgehead atoms. The van der Waals surface area contributed by atoms with Gasteiger partial charge in [0.05, 0.1) is 10.6 Å². The molecule has 2 aromatic carbocycles. The maximum Gasteiger partial charge on any atom is 0.323 e. The van der Waals surface area contributed by atoms with Crippen LogP contribution >= 0.6 is 11.3 Å². The van der Waals surface area contributed by atoms with Crippen LogP contribution in [0.15, 0.2) is 76.8 Å². The Bertz CT molecular complexity index is 1110. The van der Waals surface area contributed by atoms with Gasteiger partial charge in [0.2, 0.25) is 10.0 Å². The molecule has 0 fully saturated rings. The van der Waals surface area contributed by atoms with Crippen molar-refractivity contribution < 1.29 is 13.2 Å². The third kappa shape index (κ3) is 6.28. The minimum absolute atomic E-state index is 0.0641. The zero-order valence-electron chi connectivity index (χ0n) is 16.9. The lowest BCUT2D eigenvalue weighted by atomic mass is 10.1. The SMILES string of the molecule is C=CC.CCc1ccccc1NC(=O)Nc1cc(S(N)(=O)=O)ccc1-c1ccsc1. The molecule has 0 unspecified atom stereocenters. The van der Waals surface area contributed by atoms with Crippen molar-refractivity contribution >= 4 is 38.8 Å². The number of carbonyl (C=O) groups is 1. The number of amides is 2. The van der Waals surface area contributed by atoms with Crippen molar-refractivity contribution in [1.82, 2.24) is 0 Å². The molecule has 8 heteroatoms. The van der Waals surface area contributed by atoms with Crippen LogP contribution in [-0.4, -0.2) is 14.4 Å². The maximum absolute atomic E-state index is 12.5. The van der Waals surface area contributed by atoms with Crippen LogP contribution in [0.3, 0.4) is 0 Å². The van der Waals surface area contributed by atoms with Crippen LogP contribution in [-0.2, 0) is 16.4 Å². The average Bonchev–Trinajstić information content (AvgIpc) is 3.23. The second kappa shape index (κ2) is 10.7. The summed E-state index contributed by atoms with van der Waals surface area (Å²) in [5.74, 6) is 0. The van der Waals surface area contributed by atoms with Gasteiger partial charge in [-0.15, -0.1) is 6.58 Å². The van der Waals surface area contributed by atoms with E-state index >= 15 is 0 Å². The van der Waals surface area contributed by atoms with E-state index in [1.807, 2.05) is 54.9 Å². The zero-order valence-corrected chi connectivity index (χ0v) is 18.5. The van der Waals surface area contributed by atoms with Crippen molar-refractivity contribution in [3.05, 3.63) is 77.5 Å². The number of allylic oxidation sites excluding steroid dienone is 1. The molecule has 0 aliphatic rings. The van der Waals surface area contributed by atoms with Crippen LogP contribution in [0.5, 0.6) is 0 Å². The molecule has 4 N–H and O–H groups in total. The summed E-state index contributed by atoms with van der Waals surface area (Å²) in [4.78, 5) is 12.5. The van der Waals surface area contributed by atoms with Gasteiger partial charge in [-0.05, 0) is 59.5 Å². The van der Waals surface area contributed by atoms with E-state index in [1.165, 1.54) is 23.5 Å². The number of carbonyl (C=O) groups excluding carboxylic acids is 1. The number of para-hydroxylation sites is 1. The first-order valence-corrected chi connectivity index (χ1v) is 11.7. The molecule has 1 heterocycles. The van der Waals surface area contributed by atoms with Gasteiger partial charge in [-0.1, -0.05) is 37.3 Å². The number of hydrogen-bond acceptors (Lipinski definition) is 4. The lowest BCUT2D eigenvalue weighted by molar-refractivity contribution is 0.262. The van der Waals surface area contributed by atoms with E-state index in [9.17, 15) is 13.2 Å².